The molecule has 0 radical (unpaired) electrons. The van der Waals surface area contributed by atoms with Crippen molar-refractivity contribution >= 4 is 27.9 Å². The number of hydrogen-bond acceptors (Lipinski definition) is 5. The van der Waals surface area contributed by atoms with E-state index in [-0.39, 0.29) is 5.91 Å². The number of anilines is 2. The summed E-state index contributed by atoms with van der Waals surface area (Å²) in [5, 5.41) is 4.26. The lowest BCUT2D eigenvalue weighted by atomic mass is 9.93. The van der Waals surface area contributed by atoms with E-state index in [0.717, 1.165) is 17.8 Å². The monoisotopic (exact) mass is 269 g/mol. The molecule has 0 atom stereocenters. The van der Waals surface area contributed by atoms with Crippen LogP contribution in [0.2, 0.25) is 0 Å². The van der Waals surface area contributed by atoms with E-state index in [2.05, 4.69) is 5.32 Å². The lowest BCUT2D eigenvalue weighted by Crippen LogP contribution is -2.26. The molecule has 2 rings (SSSR count). The Kier molecular flexibility index (Phi) is 3.65. The molecule has 0 bridgehead atoms. The topological polar surface area (TPSA) is 67.6 Å². The van der Waals surface area contributed by atoms with Crippen molar-refractivity contribution in [3.05, 3.63) is 4.88 Å². The SMILES string of the molecule is COc1c(NC2CCC2)sc(C(=O)N(C)C)c1N. The van der Waals surface area contributed by atoms with Crippen molar-refractivity contribution < 1.29 is 9.53 Å². The van der Waals surface area contributed by atoms with Gasteiger partial charge in [-0.05, 0) is 19.3 Å². The van der Waals surface area contributed by atoms with E-state index < -0.39 is 0 Å². The molecular weight excluding hydrogens is 250 g/mol. The zero-order valence-corrected chi connectivity index (χ0v) is 11.8. The molecule has 1 aliphatic rings. The van der Waals surface area contributed by atoms with Crippen LogP contribution < -0.4 is 15.8 Å². The van der Waals surface area contributed by atoms with Gasteiger partial charge in [0.25, 0.3) is 5.91 Å². The van der Waals surface area contributed by atoms with Crippen LogP contribution in [0, 0.1) is 0 Å². The fraction of sp³-hybridized carbons (Fsp3) is 0.583. The lowest BCUT2D eigenvalue weighted by molar-refractivity contribution is 0.0833. The summed E-state index contributed by atoms with van der Waals surface area (Å²) in [5.41, 5.74) is 6.42. The number of methoxy groups -OCH3 is 1. The first-order valence-corrected chi connectivity index (χ1v) is 6.80. The normalized spacial score (nSPS) is 15.1. The number of nitrogens with one attached hydrogen (secondary N) is 1. The van der Waals surface area contributed by atoms with E-state index in [9.17, 15) is 4.79 Å². The van der Waals surface area contributed by atoms with E-state index in [1.807, 2.05) is 0 Å². The highest BCUT2D eigenvalue weighted by molar-refractivity contribution is 7.19. The van der Waals surface area contributed by atoms with Crippen LogP contribution in [0.3, 0.4) is 0 Å². The average molecular weight is 269 g/mol. The van der Waals surface area contributed by atoms with Gasteiger partial charge in [0.15, 0.2) is 5.75 Å². The second-order valence-electron chi connectivity index (χ2n) is 4.68. The Morgan fingerprint density at radius 2 is 2.17 bits per heavy atom. The van der Waals surface area contributed by atoms with Crippen LogP contribution in [0.4, 0.5) is 10.7 Å². The van der Waals surface area contributed by atoms with Crippen molar-refractivity contribution in [2.45, 2.75) is 25.3 Å². The van der Waals surface area contributed by atoms with Crippen molar-refractivity contribution in [2.75, 3.05) is 32.3 Å². The maximum atomic E-state index is 12.0. The van der Waals surface area contributed by atoms with Gasteiger partial charge < -0.3 is 20.7 Å². The lowest BCUT2D eigenvalue weighted by Gasteiger charge is -2.27. The molecule has 1 fully saturated rings. The first kappa shape index (κ1) is 13.0. The third kappa shape index (κ3) is 2.25. The summed E-state index contributed by atoms with van der Waals surface area (Å²) in [6.45, 7) is 0. The van der Waals surface area contributed by atoms with Gasteiger partial charge in [-0.1, -0.05) is 0 Å². The van der Waals surface area contributed by atoms with Gasteiger partial charge in [0.1, 0.15) is 15.6 Å². The summed E-state index contributed by atoms with van der Waals surface area (Å²) >= 11 is 1.37. The quantitative estimate of drug-likeness (QED) is 0.877. The number of amides is 1. The van der Waals surface area contributed by atoms with Gasteiger partial charge in [-0.15, -0.1) is 11.3 Å². The maximum absolute atomic E-state index is 12.0. The van der Waals surface area contributed by atoms with Gasteiger partial charge in [0.05, 0.1) is 7.11 Å². The van der Waals surface area contributed by atoms with Crippen molar-refractivity contribution in [1.29, 1.82) is 0 Å². The summed E-state index contributed by atoms with van der Waals surface area (Å²) < 4.78 is 5.31. The number of thiophene rings is 1. The molecule has 0 aromatic carbocycles. The van der Waals surface area contributed by atoms with Crippen LogP contribution in [0.25, 0.3) is 0 Å². The van der Waals surface area contributed by atoms with Crippen LogP contribution in [0.5, 0.6) is 5.75 Å². The number of rotatable bonds is 4. The predicted octanol–water partition coefficient (Wildman–Crippen LogP) is 2.01. The summed E-state index contributed by atoms with van der Waals surface area (Å²) in [6, 6.07) is 0.485. The van der Waals surface area contributed by atoms with Crippen LogP contribution in [0.15, 0.2) is 0 Å². The number of hydrogen-bond donors (Lipinski definition) is 2. The van der Waals surface area contributed by atoms with Gasteiger partial charge in [0, 0.05) is 20.1 Å². The molecule has 0 aliphatic heterocycles. The molecule has 6 heteroatoms. The van der Waals surface area contributed by atoms with Crippen LogP contribution in [-0.4, -0.2) is 38.1 Å². The van der Waals surface area contributed by atoms with E-state index in [4.69, 9.17) is 10.5 Å². The van der Waals surface area contributed by atoms with Crippen LogP contribution >= 0.6 is 11.3 Å². The molecule has 1 saturated carbocycles. The predicted molar refractivity (Wildman–Crippen MR) is 74.6 cm³/mol. The highest BCUT2D eigenvalue weighted by Gasteiger charge is 2.26. The largest absolute Gasteiger partial charge is 0.492 e. The Labute approximate surface area is 111 Å². The third-order valence-corrected chi connectivity index (χ3v) is 4.25. The van der Waals surface area contributed by atoms with Gasteiger partial charge in [-0.2, -0.15) is 0 Å². The molecule has 1 amide bonds. The molecule has 100 valence electrons. The molecule has 0 spiro atoms. The Balaban J connectivity index is 2.28. The first-order valence-electron chi connectivity index (χ1n) is 5.99. The fourth-order valence-corrected chi connectivity index (χ4v) is 3.01. The standard InChI is InChI=1S/C12H19N3O2S/c1-15(2)12(16)10-8(13)9(17-3)11(18-10)14-7-5-4-6-7/h7,14H,4-6,13H2,1-3H3. The minimum Gasteiger partial charge on any atom is -0.492 e. The molecule has 3 N–H and O–H groups in total. The Morgan fingerprint density at radius 1 is 1.50 bits per heavy atom. The molecule has 5 nitrogen and oxygen atoms in total. The van der Waals surface area contributed by atoms with Gasteiger partial charge in [-0.25, -0.2) is 0 Å². The highest BCUT2D eigenvalue weighted by Crippen LogP contribution is 2.44. The molecular formula is C12H19N3O2S. The van der Waals surface area contributed by atoms with E-state index >= 15 is 0 Å². The summed E-state index contributed by atoms with van der Waals surface area (Å²) in [4.78, 5) is 14.1. The zero-order chi connectivity index (χ0) is 13.3. The Morgan fingerprint density at radius 3 is 2.61 bits per heavy atom. The third-order valence-electron chi connectivity index (χ3n) is 3.14. The fourth-order valence-electron chi connectivity index (χ4n) is 1.83. The summed E-state index contributed by atoms with van der Waals surface area (Å²) in [7, 11) is 5.01. The Hall–Kier alpha value is -1.43. The molecule has 0 saturated heterocycles. The van der Waals surface area contributed by atoms with Crippen molar-refractivity contribution in [1.82, 2.24) is 4.90 Å². The molecule has 0 unspecified atom stereocenters. The molecule has 1 aliphatic carbocycles. The second kappa shape index (κ2) is 5.06. The van der Waals surface area contributed by atoms with E-state index in [1.165, 1.54) is 22.7 Å². The maximum Gasteiger partial charge on any atom is 0.265 e. The minimum atomic E-state index is -0.0857. The molecule has 18 heavy (non-hydrogen) atoms. The van der Waals surface area contributed by atoms with Crippen molar-refractivity contribution in [2.24, 2.45) is 0 Å². The molecule has 1 heterocycles. The number of nitrogen functional groups attached to an aromatic ring is 1. The number of carbonyl (C=O) groups is 1. The Bertz CT molecular complexity index is 452. The summed E-state index contributed by atoms with van der Waals surface area (Å²) in [6.07, 6.45) is 3.58. The van der Waals surface area contributed by atoms with Crippen LogP contribution in [-0.2, 0) is 0 Å². The van der Waals surface area contributed by atoms with Gasteiger partial charge in [0.2, 0.25) is 0 Å². The van der Waals surface area contributed by atoms with Crippen molar-refractivity contribution in [3.63, 3.8) is 0 Å². The molecule has 1 aromatic rings. The zero-order valence-electron chi connectivity index (χ0n) is 10.9. The summed E-state index contributed by atoms with van der Waals surface area (Å²) in [5.74, 6) is 0.509. The number of carbonyl (C=O) groups excluding carboxylic acids is 1. The van der Waals surface area contributed by atoms with Crippen LogP contribution in [0.1, 0.15) is 28.9 Å². The number of ether oxygens (including phenoxy) is 1. The highest BCUT2D eigenvalue weighted by atomic mass is 32.1. The van der Waals surface area contributed by atoms with Crippen molar-refractivity contribution in [3.8, 4) is 5.75 Å². The number of nitrogens with zero attached hydrogens (tertiary/aromatic N) is 1. The average Bonchev–Trinajstić information content (AvgIpc) is 2.59. The second-order valence-corrected chi connectivity index (χ2v) is 5.70. The first-order chi connectivity index (χ1) is 8.54. The minimum absolute atomic E-state index is 0.0857. The van der Waals surface area contributed by atoms with Gasteiger partial charge >= 0.3 is 0 Å². The van der Waals surface area contributed by atoms with E-state index in [0.29, 0.717) is 22.4 Å². The number of nitrogens with two attached hydrogens (primary N) is 1. The molecule has 1 aromatic heterocycles. The smallest absolute Gasteiger partial charge is 0.265 e. The van der Waals surface area contributed by atoms with E-state index in [1.54, 1.807) is 21.2 Å². The van der Waals surface area contributed by atoms with Gasteiger partial charge in [-0.3, -0.25) is 4.79 Å².